The summed E-state index contributed by atoms with van der Waals surface area (Å²) < 4.78 is 0. The van der Waals surface area contributed by atoms with Gasteiger partial charge < -0.3 is 10.3 Å². The number of amides is 1. The minimum absolute atomic E-state index is 0.133. The number of rotatable bonds is 3. The lowest BCUT2D eigenvalue weighted by Crippen LogP contribution is -2.24. The molecule has 0 fully saturated rings. The summed E-state index contributed by atoms with van der Waals surface area (Å²) in [6.45, 7) is 0. The number of thioether (sulfide) groups is 1. The summed E-state index contributed by atoms with van der Waals surface area (Å²) in [4.78, 5) is 34.0. The van der Waals surface area contributed by atoms with E-state index in [0.29, 0.717) is 5.16 Å². The standard InChI is InChI=1S/C11H8Cl2N4O2S/c1-20-11-15-2-5(10(19)17-11)9(18)16-8-6(12)3-14-4-7(8)13/h2-4H,1H3,(H,14,16,18)(H,15,17,19). The molecule has 0 atom stereocenters. The number of halogens is 2. The Morgan fingerprint density at radius 2 is 1.95 bits per heavy atom. The summed E-state index contributed by atoms with van der Waals surface area (Å²) in [7, 11) is 0. The number of aromatic nitrogens is 3. The van der Waals surface area contributed by atoms with Gasteiger partial charge in [-0.15, -0.1) is 0 Å². The van der Waals surface area contributed by atoms with E-state index >= 15 is 0 Å². The third-order valence-electron chi connectivity index (χ3n) is 2.31. The van der Waals surface area contributed by atoms with E-state index in [4.69, 9.17) is 23.2 Å². The molecule has 0 aromatic carbocycles. The molecule has 104 valence electrons. The minimum Gasteiger partial charge on any atom is -0.319 e. The van der Waals surface area contributed by atoms with Gasteiger partial charge in [-0.25, -0.2) is 4.98 Å². The van der Waals surface area contributed by atoms with Crippen LogP contribution in [-0.2, 0) is 0 Å². The number of hydrogen-bond acceptors (Lipinski definition) is 5. The molecule has 1 amide bonds. The van der Waals surface area contributed by atoms with Crippen molar-refractivity contribution in [3.05, 3.63) is 44.6 Å². The van der Waals surface area contributed by atoms with E-state index in [0.717, 1.165) is 0 Å². The van der Waals surface area contributed by atoms with E-state index in [1.165, 1.54) is 30.4 Å². The fourth-order valence-corrected chi connectivity index (χ4v) is 2.17. The number of pyridine rings is 1. The van der Waals surface area contributed by atoms with Crippen molar-refractivity contribution in [2.45, 2.75) is 5.16 Å². The van der Waals surface area contributed by atoms with Crippen molar-refractivity contribution in [1.82, 2.24) is 15.0 Å². The first-order valence-corrected chi connectivity index (χ1v) is 7.24. The molecule has 20 heavy (non-hydrogen) atoms. The van der Waals surface area contributed by atoms with Crippen LogP contribution in [-0.4, -0.2) is 27.1 Å². The number of carbonyl (C=O) groups is 1. The Labute approximate surface area is 127 Å². The van der Waals surface area contributed by atoms with Gasteiger partial charge in [0.1, 0.15) is 5.56 Å². The van der Waals surface area contributed by atoms with Gasteiger partial charge in [-0.2, -0.15) is 0 Å². The molecule has 0 saturated carbocycles. The van der Waals surface area contributed by atoms with Gasteiger partial charge in [-0.3, -0.25) is 14.6 Å². The smallest absolute Gasteiger partial charge is 0.264 e. The quantitative estimate of drug-likeness (QED) is 0.666. The highest BCUT2D eigenvalue weighted by Gasteiger charge is 2.15. The summed E-state index contributed by atoms with van der Waals surface area (Å²) in [5.41, 5.74) is -0.475. The zero-order valence-electron chi connectivity index (χ0n) is 10.1. The minimum atomic E-state index is -0.651. The molecule has 0 saturated heterocycles. The van der Waals surface area contributed by atoms with E-state index in [1.54, 1.807) is 6.26 Å². The largest absolute Gasteiger partial charge is 0.319 e. The molecule has 0 aliphatic rings. The van der Waals surface area contributed by atoms with Gasteiger partial charge in [0, 0.05) is 18.6 Å². The Morgan fingerprint density at radius 1 is 1.30 bits per heavy atom. The zero-order chi connectivity index (χ0) is 14.7. The molecule has 2 aromatic heterocycles. The summed E-state index contributed by atoms with van der Waals surface area (Å²) in [5, 5.41) is 3.24. The summed E-state index contributed by atoms with van der Waals surface area (Å²) in [5.74, 6) is -0.651. The van der Waals surface area contributed by atoms with Gasteiger partial charge in [0.15, 0.2) is 5.16 Å². The van der Waals surface area contributed by atoms with Gasteiger partial charge in [-0.1, -0.05) is 35.0 Å². The van der Waals surface area contributed by atoms with Crippen LogP contribution in [0.1, 0.15) is 10.4 Å². The molecule has 2 aromatic rings. The number of H-pyrrole nitrogens is 1. The van der Waals surface area contributed by atoms with Gasteiger partial charge in [-0.05, 0) is 6.26 Å². The lowest BCUT2D eigenvalue weighted by molar-refractivity contribution is 0.102. The van der Waals surface area contributed by atoms with E-state index in [1.807, 2.05) is 0 Å². The Kier molecular flexibility index (Phi) is 4.64. The molecule has 2 heterocycles. The number of anilines is 1. The Balaban J connectivity index is 2.31. The van der Waals surface area contributed by atoms with Crippen LogP contribution in [0.15, 0.2) is 28.5 Å². The number of aromatic amines is 1. The molecule has 2 N–H and O–H groups in total. The molecular weight excluding hydrogens is 323 g/mol. The molecule has 0 spiro atoms. The predicted molar refractivity (Wildman–Crippen MR) is 78.8 cm³/mol. The number of nitrogens with one attached hydrogen (secondary N) is 2. The second-order valence-corrected chi connectivity index (χ2v) is 5.18. The van der Waals surface area contributed by atoms with Crippen LogP contribution in [0.5, 0.6) is 0 Å². The lowest BCUT2D eigenvalue weighted by atomic mass is 10.3. The van der Waals surface area contributed by atoms with Crippen molar-refractivity contribution in [3.8, 4) is 0 Å². The van der Waals surface area contributed by atoms with Crippen LogP contribution < -0.4 is 10.9 Å². The average Bonchev–Trinajstić information content (AvgIpc) is 2.42. The summed E-state index contributed by atoms with van der Waals surface area (Å²) in [6, 6.07) is 0. The van der Waals surface area contributed by atoms with E-state index in [9.17, 15) is 9.59 Å². The van der Waals surface area contributed by atoms with Crippen LogP contribution in [0, 0.1) is 0 Å². The molecule has 0 radical (unpaired) electrons. The van der Waals surface area contributed by atoms with Crippen molar-refractivity contribution >= 4 is 46.6 Å². The highest BCUT2D eigenvalue weighted by molar-refractivity contribution is 7.98. The second kappa shape index (κ2) is 6.25. The zero-order valence-corrected chi connectivity index (χ0v) is 12.4. The first-order valence-electron chi connectivity index (χ1n) is 5.26. The highest BCUT2D eigenvalue weighted by atomic mass is 35.5. The molecule has 0 aliphatic carbocycles. The second-order valence-electron chi connectivity index (χ2n) is 3.57. The van der Waals surface area contributed by atoms with Crippen molar-refractivity contribution in [2.24, 2.45) is 0 Å². The van der Waals surface area contributed by atoms with Gasteiger partial charge >= 0.3 is 0 Å². The first-order chi connectivity index (χ1) is 9.52. The number of nitrogens with zero attached hydrogens (tertiary/aromatic N) is 2. The predicted octanol–water partition coefficient (Wildman–Crippen LogP) is 2.45. The van der Waals surface area contributed by atoms with Crippen LogP contribution in [0.4, 0.5) is 5.69 Å². The molecule has 6 nitrogen and oxygen atoms in total. The van der Waals surface area contributed by atoms with Crippen molar-refractivity contribution < 1.29 is 4.79 Å². The van der Waals surface area contributed by atoms with Gasteiger partial charge in [0.2, 0.25) is 0 Å². The van der Waals surface area contributed by atoms with Gasteiger partial charge in [0.25, 0.3) is 11.5 Å². The molecule has 2 rings (SSSR count). The molecule has 0 aliphatic heterocycles. The van der Waals surface area contributed by atoms with Crippen molar-refractivity contribution in [2.75, 3.05) is 11.6 Å². The van der Waals surface area contributed by atoms with E-state index < -0.39 is 11.5 Å². The van der Waals surface area contributed by atoms with Crippen LogP contribution in [0.25, 0.3) is 0 Å². The lowest BCUT2D eigenvalue weighted by Gasteiger charge is -2.08. The third-order valence-corrected chi connectivity index (χ3v) is 3.47. The average molecular weight is 331 g/mol. The SMILES string of the molecule is CSc1ncc(C(=O)Nc2c(Cl)cncc2Cl)c(=O)[nH]1. The Morgan fingerprint density at radius 3 is 2.50 bits per heavy atom. The normalized spacial score (nSPS) is 10.3. The fraction of sp³-hybridized carbons (Fsp3) is 0.0909. The topological polar surface area (TPSA) is 87.7 Å². The van der Waals surface area contributed by atoms with Crippen LogP contribution in [0.2, 0.25) is 10.0 Å². The maximum absolute atomic E-state index is 12.0. The van der Waals surface area contributed by atoms with E-state index in [2.05, 4.69) is 20.3 Å². The molecular formula is C11H8Cl2N4O2S. The van der Waals surface area contributed by atoms with Crippen LogP contribution in [0.3, 0.4) is 0 Å². The molecule has 0 unspecified atom stereocenters. The fourth-order valence-electron chi connectivity index (χ4n) is 1.36. The first kappa shape index (κ1) is 14.8. The van der Waals surface area contributed by atoms with E-state index in [-0.39, 0.29) is 21.3 Å². The molecule has 9 heteroatoms. The number of carbonyl (C=O) groups excluding carboxylic acids is 1. The van der Waals surface area contributed by atoms with Crippen molar-refractivity contribution in [1.29, 1.82) is 0 Å². The monoisotopic (exact) mass is 330 g/mol. The van der Waals surface area contributed by atoms with Crippen molar-refractivity contribution in [3.63, 3.8) is 0 Å². The number of hydrogen-bond donors (Lipinski definition) is 2. The Hall–Kier alpha value is -1.57. The van der Waals surface area contributed by atoms with Crippen LogP contribution >= 0.6 is 35.0 Å². The summed E-state index contributed by atoms with van der Waals surface area (Å²) in [6.07, 6.45) is 5.63. The van der Waals surface area contributed by atoms with Gasteiger partial charge in [0.05, 0.1) is 15.7 Å². The Bertz CT molecular complexity index is 700. The maximum Gasteiger partial charge on any atom is 0.264 e. The molecule has 0 bridgehead atoms. The maximum atomic E-state index is 12.0. The highest BCUT2D eigenvalue weighted by Crippen LogP contribution is 2.28. The third kappa shape index (κ3) is 3.12. The summed E-state index contributed by atoms with van der Waals surface area (Å²) >= 11 is 13.0.